The van der Waals surface area contributed by atoms with Gasteiger partial charge >= 0.3 is 5.97 Å². The molecule has 5 nitrogen and oxygen atoms in total. The number of carboxylic acids is 1. The van der Waals surface area contributed by atoms with Gasteiger partial charge in [-0.25, -0.2) is 0 Å². The molecule has 1 unspecified atom stereocenters. The molecule has 0 aromatic heterocycles. The zero-order chi connectivity index (χ0) is 13.4. The molecule has 1 atom stereocenters. The molecule has 0 saturated carbocycles. The van der Waals surface area contributed by atoms with Crippen molar-refractivity contribution in [3.05, 3.63) is 0 Å². The van der Waals surface area contributed by atoms with Crippen LogP contribution in [-0.4, -0.2) is 48.6 Å². The van der Waals surface area contributed by atoms with Crippen LogP contribution >= 0.6 is 0 Å². The molecule has 0 aliphatic carbocycles. The third kappa shape index (κ3) is 7.74. The molecule has 0 radical (unpaired) electrons. The van der Waals surface area contributed by atoms with Gasteiger partial charge in [0.05, 0.1) is 12.5 Å². The highest BCUT2D eigenvalue weighted by molar-refractivity contribution is 5.77. The van der Waals surface area contributed by atoms with Crippen LogP contribution in [0.15, 0.2) is 0 Å². The third-order valence-corrected chi connectivity index (χ3v) is 2.62. The number of hydrogen-bond donors (Lipinski definition) is 2. The molecule has 0 rings (SSSR count). The molecule has 0 heterocycles. The molecule has 0 aliphatic rings. The van der Waals surface area contributed by atoms with Crippen LogP contribution in [0.25, 0.3) is 0 Å². The summed E-state index contributed by atoms with van der Waals surface area (Å²) < 4.78 is 0. The molecular formula is C12H24N2O3. The van der Waals surface area contributed by atoms with Gasteiger partial charge in [0.25, 0.3) is 0 Å². The van der Waals surface area contributed by atoms with Crippen LogP contribution in [0.2, 0.25) is 0 Å². The molecule has 0 fully saturated rings. The SMILES string of the molecule is CNC(=O)CN(CCC(C)C)CC(C)C(=O)O. The summed E-state index contributed by atoms with van der Waals surface area (Å²) in [6.45, 7) is 7.31. The molecule has 5 heteroatoms. The van der Waals surface area contributed by atoms with Crippen molar-refractivity contribution in [1.29, 1.82) is 0 Å². The summed E-state index contributed by atoms with van der Waals surface area (Å²) in [5, 5.41) is 11.4. The van der Waals surface area contributed by atoms with E-state index in [1.807, 2.05) is 4.90 Å². The molecule has 0 aromatic rings. The van der Waals surface area contributed by atoms with Crippen molar-refractivity contribution in [2.75, 3.05) is 26.7 Å². The second-order valence-corrected chi connectivity index (χ2v) is 4.83. The van der Waals surface area contributed by atoms with Crippen LogP contribution in [0, 0.1) is 11.8 Å². The van der Waals surface area contributed by atoms with Gasteiger partial charge in [-0.15, -0.1) is 0 Å². The van der Waals surface area contributed by atoms with Gasteiger partial charge in [-0.1, -0.05) is 20.8 Å². The fourth-order valence-electron chi connectivity index (χ4n) is 1.42. The van der Waals surface area contributed by atoms with Crippen molar-refractivity contribution in [2.45, 2.75) is 27.2 Å². The quantitative estimate of drug-likeness (QED) is 0.662. The molecular weight excluding hydrogens is 220 g/mol. The number of rotatable bonds is 8. The topological polar surface area (TPSA) is 69.6 Å². The van der Waals surface area contributed by atoms with Gasteiger partial charge in [0.15, 0.2) is 0 Å². The van der Waals surface area contributed by atoms with E-state index in [-0.39, 0.29) is 12.5 Å². The van der Waals surface area contributed by atoms with Gasteiger partial charge in [-0.05, 0) is 18.9 Å². The molecule has 100 valence electrons. The Labute approximate surface area is 103 Å². The maximum atomic E-state index is 11.3. The van der Waals surface area contributed by atoms with Crippen LogP contribution in [0.3, 0.4) is 0 Å². The zero-order valence-electron chi connectivity index (χ0n) is 11.2. The summed E-state index contributed by atoms with van der Waals surface area (Å²) in [7, 11) is 1.59. The van der Waals surface area contributed by atoms with Crippen LogP contribution in [0.4, 0.5) is 0 Å². The Hall–Kier alpha value is -1.10. The van der Waals surface area contributed by atoms with E-state index in [9.17, 15) is 9.59 Å². The molecule has 0 aliphatic heterocycles. The monoisotopic (exact) mass is 244 g/mol. The molecule has 2 N–H and O–H groups in total. The first kappa shape index (κ1) is 15.9. The van der Waals surface area contributed by atoms with Crippen molar-refractivity contribution >= 4 is 11.9 Å². The van der Waals surface area contributed by atoms with Gasteiger partial charge in [0.2, 0.25) is 5.91 Å². The average molecular weight is 244 g/mol. The standard InChI is InChI=1S/C12H24N2O3/c1-9(2)5-6-14(8-11(15)13-4)7-10(3)12(16)17/h9-10H,5-8H2,1-4H3,(H,13,15)(H,16,17). The van der Waals surface area contributed by atoms with Gasteiger partial charge in [0.1, 0.15) is 0 Å². The van der Waals surface area contributed by atoms with Gasteiger partial charge in [-0.2, -0.15) is 0 Å². The second-order valence-electron chi connectivity index (χ2n) is 4.83. The Morgan fingerprint density at radius 3 is 2.29 bits per heavy atom. The van der Waals surface area contributed by atoms with Crippen LogP contribution in [0.1, 0.15) is 27.2 Å². The Morgan fingerprint density at radius 1 is 1.29 bits per heavy atom. The smallest absolute Gasteiger partial charge is 0.307 e. The van der Waals surface area contributed by atoms with E-state index in [2.05, 4.69) is 19.2 Å². The molecule has 0 bridgehead atoms. The molecule has 17 heavy (non-hydrogen) atoms. The third-order valence-electron chi connectivity index (χ3n) is 2.62. The molecule has 1 amide bonds. The van der Waals surface area contributed by atoms with E-state index in [1.165, 1.54) is 0 Å². The van der Waals surface area contributed by atoms with Crippen LogP contribution in [-0.2, 0) is 9.59 Å². The van der Waals surface area contributed by atoms with Crippen molar-refractivity contribution in [3.8, 4) is 0 Å². The Morgan fingerprint density at radius 2 is 1.88 bits per heavy atom. The lowest BCUT2D eigenvalue weighted by Crippen LogP contribution is -2.40. The minimum Gasteiger partial charge on any atom is -0.481 e. The Bertz CT molecular complexity index is 254. The minimum absolute atomic E-state index is 0.0775. The number of carboxylic acid groups (broad SMARTS) is 1. The second kappa shape index (κ2) is 8.06. The number of carbonyl (C=O) groups is 2. The highest BCUT2D eigenvalue weighted by Gasteiger charge is 2.18. The number of amides is 1. The van der Waals surface area contributed by atoms with E-state index < -0.39 is 11.9 Å². The predicted molar refractivity (Wildman–Crippen MR) is 66.8 cm³/mol. The largest absolute Gasteiger partial charge is 0.481 e. The summed E-state index contributed by atoms with van der Waals surface area (Å²) in [6.07, 6.45) is 0.962. The van der Waals surface area contributed by atoms with Crippen LogP contribution < -0.4 is 5.32 Å². The predicted octanol–water partition coefficient (Wildman–Crippen LogP) is 0.801. The summed E-state index contributed by atoms with van der Waals surface area (Å²) in [4.78, 5) is 24.0. The van der Waals surface area contributed by atoms with E-state index >= 15 is 0 Å². The average Bonchev–Trinajstić information content (AvgIpc) is 2.25. The fourth-order valence-corrected chi connectivity index (χ4v) is 1.42. The summed E-state index contributed by atoms with van der Waals surface area (Å²) in [6, 6.07) is 0. The van der Waals surface area contributed by atoms with Crippen molar-refractivity contribution in [2.24, 2.45) is 11.8 Å². The lowest BCUT2D eigenvalue weighted by Gasteiger charge is -2.24. The number of aliphatic carboxylic acids is 1. The highest BCUT2D eigenvalue weighted by atomic mass is 16.4. The summed E-state index contributed by atoms with van der Waals surface area (Å²) >= 11 is 0. The summed E-state index contributed by atoms with van der Waals surface area (Å²) in [5.74, 6) is -0.808. The van der Waals surface area contributed by atoms with Crippen molar-refractivity contribution < 1.29 is 14.7 Å². The molecule has 0 spiro atoms. The number of hydrogen-bond acceptors (Lipinski definition) is 3. The lowest BCUT2D eigenvalue weighted by atomic mass is 10.1. The number of carbonyl (C=O) groups excluding carboxylic acids is 1. The first-order valence-electron chi connectivity index (χ1n) is 6.02. The number of nitrogens with one attached hydrogen (secondary N) is 1. The minimum atomic E-state index is -0.823. The Kier molecular flexibility index (Phi) is 7.54. The van der Waals surface area contributed by atoms with E-state index in [0.717, 1.165) is 13.0 Å². The maximum Gasteiger partial charge on any atom is 0.307 e. The number of likely N-dealkylation sites (N-methyl/N-ethyl adjacent to an activating group) is 1. The maximum absolute atomic E-state index is 11.3. The Balaban J connectivity index is 4.28. The molecule has 0 aromatic carbocycles. The van der Waals surface area contributed by atoms with Crippen LogP contribution in [0.5, 0.6) is 0 Å². The van der Waals surface area contributed by atoms with Gasteiger partial charge < -0.3 is 10.4 Å². The highest BCUT2D eigenvalue weighted by Crippen LogP contribution is 2.05. The zero-order valence-corrected chi connectivity index (χ0v) is 11.2. The van der Waals surface area contributed by atoms with E-state index in [1.54, 1.807) is 14.0 Å². The van der Waals surface area contributed by atoms with Crippen molar-refractivity contribution in [1.82, 2.24) is 10.2 Å². The first-order valence-corrected chi connectivity index (χ1v) is 6.02. The fraction of sp³-hybridized carbons (Fsp3) is 0.833. The normalized spacial score (nSPS) is 12.8. The van der Waals surface area contributed by atoms with Gasteiger partial charge in [-0.3, -0.25) is 14.5 Å². The van der Waals surface area contributed by atoms with Crippen molar-refractivity contribution in [3.63, 3.8) is 0 Å². The van der Waals surface area contributed by atoms with E-state index in [4.69, 9.17) is 5.11 Å². The lowest BCUT2D eigenvalue weighted by molar-refractivity contribution is -0.142. The van der Waals surface area contributed by atoms with Gasteiger partial charge in [0, 0.05) is 13.6 Å². The molecule has 0 saturated heterocycles. The number of nitrogens with zero attached hydrogens (tertiary/aromatic N) is 1. The van der Waals surface area contributed by atoms with E-state index in [0.29, 0.717) is 12.5 Å². The summed E-state index contributed by atoms with van der Waals surface area (Å²) in [5.41, 5.74) is 0. The first-order chi connectivity index (χ1) is 7.86.